The van der Waals surface area contributed by atoms with Crippen molar-refractivity contribution < 1.29 is 0 Å². The number of para-hydroxylation sites is 1. The number of hydrogen-bond acceptors (Lipinski definition) is 3. The van der Waals surface area contributed by atoms with Gasteiger partial charge in [-0.05, 0) is 36.8 Å². The van der Waals surface area contributed by atoms with E-state index in [1.807, 2.05) is 30.3 Å². The lowest BCUT2D eigenvalue weighted by atomic mass is 10.1. The summed E-state index contributed by atoms with van der Waals surface area (Å²) in [5, 5.41) is 5.88. The van der Waals surface area contributed by atoms with E-state index in [1.54, 1.807) is 17.4 Å². The molecule has 0 fully saturated rings. The Kier molecular flexibility index (Phi) is 4.45. The van der Waals surface area contributed by atoms with Crippen LogP contribution in [0, 0.1) is 0 Å². The SMILES string of the molecule is CC(NCc1nc2ccccc2s1)c1ccc(Cl)cc1Cl. The summed E-state index contributed by atoms with van der Waals surface area (Å²) in [6.07, 6.45) is 0. The maximum Gasteiger partial charge on any atom is 0.108 e. The van der Waals surface area contributed by atoms with Gasteiger partial charge in [-0.25, -0.2) is 4.98 Å². The van der Waals surface area contributed by atoms with Crippen molar-refractivity contribution in [2.75, 3.05) is 0 Å². The molecule has 0 radical (unpaired) electrons. The van der Waals surface area contributed by atoms with Gasteiger partial charge in [-0.15, -0.1) is 11.3 Å². The van der Waals surface area contributed by atoms with E-state index < -0.39 is 0 Å². The first-order chi connectivity index (χ1) is 10.1. The monoisotopic (exact) mass is 336 g/mol. The van der Waals surface area contributed by atoms with Crippen LogP contribution in [0.15, 0.2) is 42.5 Å². The van der Waals surface area contributed by atoms with E-state index in [0.717, 1.165) is 22.6 Å². The van der Waals surface area contributed by atoms with Crippen LogP contribution in [0.3, 0.4) is 0 Å². The van der Waals surface area contributed by atoms with E-state index >= 15 is 0 Å². The number of rotatable bonds is 4. The molecule has 1 aromatic heterocycles. The van der Waals surface area contributed by atoms with Crippen LogP contribution in [-0.4, -0.2) is 4.98 Å². The zero-order valence-corrected chi connectivity index (χ0v) is 13.8. The topological polar surface area (TPSA) is 24.9 Å². The highest BCUT2D eigenvalue weighted by molar-refractivity contribution is 7.18. The van der Waals surface area contributed by atoms with Gasteiger partial charge in [-0.2, -0.15) is 0 Å². The normalized spacial score (nSPS) is 12.7. The molecule has 0 amide bonds. The van der Waals surface area contributed by atoms with E-state index in [4.69, 9.17) is 23.2 Å². The number of thiazole rings is 1. The van der Waals surface area contributed by atoms with Crippen LogP contribution in [0.5, 0.6) is 0 Å². The molecule has 0 aliphatic carbocycles. The van der Waals surface area contributed by atoms with Crippen LogP contribution in [-0.2, 0) is 6.54 Å². The molecule has 1 heterocycles. The molecule has 21 heavy (non-hydrogen) atoms. The Morgan fingerprint density at radius 2 is 2.00 bits per heavy atom. The number of hydrogen-bond donors (Lipinski definition) is 1. The van der Waals surface area contributed by atoms with Crippen molar-refractivity contribution in [2.24, 2.45) is 0 Å². The quantitative estimate of drug-likeness (QED) is 0.684. The fourth-order valence-electron chi connectivity index (χ4n) is 2.20. The fourth-order valence-corrected chi connectivity index (χ4v) is 3.69. The molecule has 5 heteroatoms. The van der Waals surface area contributed by atoms with E-state index in [1.165, 1.54) is 4.70 Å². The smallest absolute Gasteiger partial charge is 0.108 e. The Morgan fingerprint density at radius 1 is 1.19 bits per heavy atom. The van der Waals surface area contributed by atoms with Crippen molar-refractivity contribution in [3.8, 4) is 0 Å². The molecule has 108 valence electrons. The van der Waals surface area contributed by atoms with Crippen LogP contribution >= 0.6 is 34.5 Å². The Hall–Kier alpha value is -1.13. The van der Waals surface area contributed by atoms with Crippen LogP contribution in [0.2, 0.25) is 10.0 Å². The Morgan fingerprint density at radius 3 is 2.76 bits per heavy atom. The minimum atomic E-state index is 0.141. The number of fused-ring (bicyclic) bond motifs is 1. The van der Waals surface area contributed by atoms with Gasteiger partial charge in [-0.1, -0.05) is 41.4 Å². The molecule has 1 N–H and O–H groups in total. The molecule has 1 unspecified atom stereocenters. The number of aromatic nitrogens is 1. The second-order valence-corrected chi connectivity index (χ2v) is 6.80. The number of benzene rings is 2. The molecule has 0 aliphatic rings. The van der Waals surface area contributed by atoms with Crippen molar-refractivity contribution >= 4 is 44.8 Å². The predicted octanol–water partition coefficient (Wildman–Crippen LogP) is 5.45. The van der Waals surface area contributed by atoms with Gasteiger partial charge in [0, 0.05) is 22.6 Å². The minimum Gasteiger partial charge on any atom is -0.304 e. The maximum absolute atomic E-state index is 6.23. The molecular formula is C16H14Cl2N2S. The predicted molar refractivity (Wildman–Crippen MR) is 91.3 cm³/mol. The molecule has 0 spiro atoms. The molecule has 3 rings (SSSR count). The standard InChI is InChI=1S/C16H14Cl2N2S/c1-10(12-7-6-11(17)8-13(12)18)19-9-16-20-14-4-2-3-5-15(14)21-16/h2-8,10,19H,9H2,1H3. The van der Waals surface area contributed by atoms with Gasteiger partial charge in [-0.3, -0.25) is 0 Å². The summed E-state index contributed by atoms with van der Waals surface area (Å²) in [4.78, 5) is 4.62. The number of halogens is 2. The minimum absolute atomic E-state index is 0.141. The third-order valence-corrected chi connectivity index (χ3v) is 4.93. The molecule has 0 aliphatic heterocycles. The summed E-state index contributed by atoms with van der Waals surface area (Å²) in [6.45, 7) is 2.81. The third kappa shape index (κ3) is 3.38. The van der Waals surface area contributed by atoms with E-state index in [0.29, 0.717) is 10.0 Å². The summed E-state index contributed by atoms with van der Waals surface area (Å²) in [6, 6.07) is 13.9. The van der Waals surface area contributed by atoms with Gasteiger partial charge in [0.2, 0.25) is 0 Å². The highest BCUT2D eigenvalue weighted by Crippen LogP contribution is 2.27. The van der Waals surface area contributed by atoms with E-state index in [-0.39, 0.29) is 6.04 Å². The Labute approximate surface area is 137 Å². The summed E-state index contributed by atoms with van der Waals surface area (Å²) in [7, 11) is 0. The zero-order chi connectivity index (χ0) is 14.8. The Balaban J connectivity index is 1.71. The van der Waals surface area contributed by atoms with Gasteiger partial charge in [0.25, 0.3) is 0 Å². The average molecular weight is 337 g/mol. The van der Waals surface area contributed by atoms with Crippen molar-refractivity contribution in [3.05, 3.63) is 63.1 Å². The second-order valence-electron chi connectivity index (χ2n) is 4.84. The van der Waals surface area contributed by atoms with Crippen LogP contribution in [0.25, 0.3) is 10.2 Å². The summed E-state index contributed by atoms with van der Waals surface area (Å²) in [5.41, 5.74) is 2.10. The first-order valence-corrected chi connectivity index (χ1v) is 8.23. The lowest BCUT2D eigenvalue weighted by Gasteiger charge is -2.15. The average Bonchev–Trinajstić information content (AvgIpc) is 2.87. The molecule has 1 atom stereocenters. The first-order valence-electron chi connectivity index (χ1n) is 6.66. The summed E-state index contributed by atoms with van der Waals surface area (Å²) in [5.74, 6) is 0. The fraction of sp³-hybridized carbons (Fsp3) is 0.188. The van der Waals surface area contributed by atoms with E-state index in [9.17, 15) is 0 Å². The zero-order valence-electron chi connectivity index (χ0n) is 11.4. The lowest BCUT2D eigenvalue weighted by molar-refractivity contribution is 0.574. The molecule has 0 saturated heterocycles. The molecule has 0 saturated carbocycles. The molecule has 2 nitrogen and oxygen atoms in total. The molecule has 3 aromatic rings. The highest BCUT2D eigenvalue weighted by atomic mass is 35.5. The lowest BCUT2D eigenvalue weighted by Crippen LogP contribution is -2.18. The summed E-state index contributed by atoms with van der Waals surface area (Å²) >= 11 is 13.9. The third-order valence-electron chi connectivity index (χ3n) is 3.33. The van der Waals surface area contributed by atoms with Crippen molar-refractivity contribution in [1.29, 1.82) is 0 Å². The van der Waals surface area contributed by atoms with Gasteiger partial charge in [0.1, 0.15) is 5.01 Å². The van der Waals surface area contributed by atoms with Gasteiger partial charge in [0.15, 0.2) is 0 Å². The Bertz CT molecular complexity index is 737. The second kappa shape index (κ2) is 6.32. The first kappa shape index (κ1) is 14.8. The number of nitrogens with zero attached hydrogens (tertiary/aromatic N) is 1. The van der Waals surface area contributed by atoms with Crippen molar-refractivity contribution in [1.82, 2.24) is 10.3 Å². The van der Waals surface area contributed by atoms with Crippen LogP contribution in [0.4, 0.5) is 0 Å². The molecule has 2 aromatic carbocycles. The highest BCUT2D eigenvalue weighted by Gasteiger charge is 2.11. The molecule has 0 bridgehead atoms. The largest absolute Gasteiger partial charge is 0.304 e. The van der Waals surface area contributed by atoms with Crippen molar-refractivity contribution in [2.45, 2.75) is 19.5 Å². The van der Waals surface area contributed by atoms with E-state index in [2.05, 4.69) is 23.3 Å². The van der Waals surface area contributed by atoms with Gasteiger partial charge < -0.3 is 5.32 Å². The van der Waals surface area contributed by atoms with Crippen LogP contribution < -0.4 is 5.32 Å². The maximum atomic E-state index is 6.23. The summed E-state index contributed by atoms with van der Waals surface area (Å²) < 4.78 is 1.21. The van der Waals surface area contributed by atoms with Gasteiger partial charge >= 0.3 is 0 Å². The van der Waals surface area contributed by atoms with Crippen LogP contribution in [0.1, 0.15) is 23.5 Å². The van der Waals surface area contributed by atoms with Gasteiger partial charge in [0.05, 0.1) is 10.2 Å². The molecular weight excluding hydrogens is 323 g/mol. The van der Waals surface area contributed by atoms with Crippen molar-refractivity contribution in [3.63, 3.8) is 0 Å². The number of nitrogens with one attached hydrogen (secondary N) is 1.